The number of hydrogen-bond acceptors (Lipinski definition) is 3. The van der Waals surface area contributed by atoms with Crippen molar-refractivity contribution in [2.45, 2.75) is 31.2 Å². The molecular formula is C17H12F3NO3. The number of anilines is 1. The van der Waals surface area contributed by atoms with Crippen LogP contribution in [0.2, 0.25) is 0 Å². The smallest absolute Gasteiger partial charge is 0.351 e. The normalized spacial score (nSPS) is 31.5. The van der Waals surface area contributed by atoms with Gasteiger partial charge in [0, 0.05) is 0 Å². The Labute approximate surface area is 135 Å². The highest BCUT2D eigenvalue weighted by atomic mass is 19.4. The Balaban J connectivity index is 1.80. The lowest BCUT2D eigenvalue weighted by molar-refractivity contribution is -0.137. The Morgan fingerprint density at radius 2 is 1.54 bits per heavy atom. The molecule has 3 aliphatic heterocycles. The second-order valence-electron chi connectivity index (χ2n) is 6.39. The molecule has 2 amide bonds. The molecule has 0 spiro atoms. The second kappa shape index (κ2) is 4.16. The van der Waals surface area contributed by atoms with Crippen LogP contribution in [-0.2, 0) is 20.5 Å². The second-order valence-corrected chi connectivity index (χ2v) is 6.39. The molecule has 0 radical (unpaired) electrons. The van der Waals surface area contributed by atoms with E-state index in [2.05, 4.69) is 0 Å². The van der Waals surface area contributed by atoms with Gasteiger partial charge >= 0.3 is 6.18 Å². The number of carbonyl (C=O) groups is 2. The van der Waals surface area contributed by atoms with Gasteiger partial charge in [0.15, 0.2) is 0 Å². The van der Waals surface area contributed by atoms with Gasteiger partial charge in [-0.15, -0.1) is 0 Å². The first-order chi connectivity index (χ1) is 11.1. The molecule has 0 saturated heterocycles. The zero-order chi connectivity index (χ0) is 17.5. The molecule has 4 nitrogen and oxygen atoms in total. The Morgan fingerprint density at radius 1 is 1.00 bits per heavy atom. The number of fused-ring (bicyclic) bond motifs is 4. The maximum absolute atomic E-state index is 12.9. The molecule has 24 heavy (non-hydrogen) atoms. The summed E-state index contributed by atoms with van der Waals surface area (Å²) in [5.74, 6) is -1.27. The highest BCUT2D eigenvalue weighted by Crippen LogP contribution is 2.53. The molecule has 0 saturated carbocycles. The minimum atomic E-state index is -4.56. The fraction of sp³-hybridized carbons (Fsp3) is 0.294. The third-order valence-corrected chi connectivity index (χ3v) is 4.65. The van der Waals surface area contributed by atoms with E-state index < -0.39 is 34.8 Å². The molecule has 7 heteroatoms. The van der Waals surface area contributed by atoms with Crippen LogP contribution in [0, 0.1) is 0 Å². The Hall–Kier alpha value is -2.41. The minimum absolute atomic E-state index is 0.0965. The first kappa shape index (κ1) is 15.1. The average molecular weight is 335 g/mol. The van der Waals surface area contributed by atoms with Crippen molar-refractivity contribution in [2.24, 2.45) is 0 Å². The van der Waals surface area contributed by atoms with Crippen molar-refractivity contribution >= 4 is 17.5 Å². The topological polar surface area (TPSA) is 46.6 Å². The molecule has 3 heterocycles. The number of halogens is 3. The maximum atomic E-state index is 12.9. The molecule has 3 aliphatic rings. The van der Waals surface area contributed by atoms with Crippen molar-refractivity contribution in [1.82, 2.24) is 0 Å². The number of alkyl halides is 3. The summed E-state index contributed by atoms with van der Waals surface area (Å²) in [5, 5.41) is 0. The molecule has 0 N–H and O–H groups in total. The van der Waals surface area contributed by atoms with E-state index in [1.165, 1.54) is 12.1 Å². The highest BCUT2D eigenvalue weighted by molar-refractivity contribution is 6.35. The van der Waals surface area contributed by atoms with Gasteiger partial charge in [-0.2, -0.15) is 13.2 Å². The van der Waals surface area contributed by atoms with E-state index >= 15 is 0 Å². The van der Waals surface area contributed by atoms with Crippen molar-refractivity contribution in [3.05, 3.63) is 53.1 Å². The number of amides is 2. The van der Waals surface area contributed by atoms with Gasteiger partial charge in [0.05, 0.1) is 22.4 Å². The largest absolute Gasteiger partial charge is 0.416 e. The average Bonchev–Trinajstić information content (AvgIpc) is 3.03. The van der Waals surface area contributed by atoms with E-state index in [0.717, 1.165) is 17.0 Å². The minimum Gasteiger partial charge on any atom is -0.351 e. The molecule has 0 fully saturated rings. The van der Waals surface area contributed by atoms with Gasteiger partial charge in [-0.05, 0) is 44.2 Å². The van der Waals surface area contributed by atoms with Crippen LogP contribution in [0.15, 0.2) is 47.6 Å². The summed E-state index contributed by atoms with van der Waals surface area (Å²) in [6, 6.07) is 4.19. The van der Waals surface area contributed by atoms with Gasteiger partial charge in [-0.25, -0.2) is 4.90 Å². The van der Waals surface area contributed by atoms with E-state index in [1.807, 2.05) is 0 Å². The van der Waals surface area contributed by atoms with Crippen LogP contribution < -0.4 is 4.90 Å². The summed E-state index contributed by atoms with van der Waals surface area (Å²) >= 11 is 0. The SMILES string of the molecule is CC12C=CC(C)(O1)C1=C2C(=O)N(c2cccc(C(F)(F)F)c2)C1=O. The molecule has 0 aromatic heterocycles. The number of rotatable bonds is 1. The highest BCUT2D eigenvalue weighted by Gasteiger charge is 2.62. The zero-order valence-corrected chi connectivity index (χ0v) is 12.8. The number of nitrogens with zero attached hydrogens (tertiary/aromatic N) is 1. The fourth-order valence-electron chi connectivity index (χ4n) is 3.60. The molecule has 1 aromatic rings. The van der Waals surface area contributed by atoms with Crippen molar-refractivity contribution in [3.63, 3.8) is 0 Å². The Kier molecular flexibility index (Phi) is 2.62. The Morgan fingerprint density at radius 3 is 2.04 bits per heavy atom. The molecule has 2 unspecified atom stereocenters. The van der Waals surface area contributed by atoms with Crippen molar-refractivity contribution < 1.29 is 27.5 Å². The van der Waals surface area contributed by atoms with Gasteiger partial charge in [-0.3, -0.25) is 9.59 Å². The van der Waals surface area contributed by atoms with Crippen LogP contribution in [0.25, 0.3) is 0 Å². The van der Waals surface area contributed by atoms with Crippen molar-refractivity contribution in [3.8, 4) is 0 Å². The van der Waals surface area contributed by atoms with Crippen molar-refractivity contribution in [2.75, 3.05) is 4.90 Å². The van der Waals surface area contributed by atoms with Crippen LogP contribution in [0.5, 0.6) is 0 Å². The summed E-state index contributed by atoms with van der Waals surface area (Å²) in [6.45, 7) is 3.33. The fourth-order valence-corrected chi connectivity index (χ4v) is 3.60. The number of carbonyl (C=O) groups excluding carboxylic acids is 2. The van der Waals surface area contributed by atoms with Gasteiger partial charge < -0.3 is 4.74 Å². The number of imide groups is 1. The number of hydrogen-bond donors (Lipinski definition) is 0. The van der Waals surface area contributed by atoms with E-state index in [9.17, 15) is 22.8 Å². The van der Waals surface area contributed by atoms with E-state index in [1.54, 1.807) is 26.0 Å². The maximum Gasteiger partial charge on any atom is 0.416 e. The predicted octanol–water partition coefficient (Wildman–Crippen LogP) is 2.99. The monoisotopic (exact) mass is 335 g/mol. The van der Waals surface area contributed by atoms with Gasteiger partial charge in [-0.1, -0.05) is 6.07 Å². The third-order valence-electron chi connectivity index (χ3n) is 4.65. The summed E-state index contributed by atoms with van der Waals surface area (Å²) in [5.41, 5.74) is -2.64. The molecule has 2 atom stereocenters. The lowest BCUT2D eigenvalue weighted by Crippen LogP contribution is -2.40. The van der Waals surface area contributed by atoms with E-state index in [-0.39, 0.29) is 16.8 Å². The molecular weight excluding hydrogens is 323 g/mol. The first-order valence-corrected chi connectivity index (χ1v) is 7.29. The van der Waals surface area contributed by atoms with Crippen LogP contribution in [0.1, 0.15) is 19.4 Å². The van der Waals surface area contributed by atoms with Crippen LogP contribution >= 0.6 is 0 Å². The van der Waals surface area contributed by atoms with Crippen LogP contribution in [-0.4, -0.2) is 23.0 Å². The standard InChI is InChI=1S/C17H12F3NO3/c1-15-6-7-16(2,24-15)12-11(15)13(22)21(14(12)23)10-5-3-4-9(8-10)17(18,19)20/h3-8H,1-2H3. The van der Waals surface area contributed by atoms with Gasteiger partial charge in [0.25, 0.3) is 11.8 Å². The predicted molar refractivity (Wildman–Crippen MR) is 78.0 cm³/mol. The van der Waals surface area contributed by atoms with Crippen molar-refractivity contribution in [1.29, 1.82) is 0 Å². The van der Waals surface area contributed by atoms with Crippen LogP contribution in [0.4, 0.5) is 18.9 Å². The summed E-state index contributed by atoms with van der Waals surface area (Å²) in [4.78, 5) is 26.3. The Bertz CT molecular complexity index is 830. The van der Waals surface area contributed by atoms with Gasteiger partial charge in [0.2, 0.25) is 0 Å². The molecule has 4 rings (SSSR count). The summed E-state index contributed by atoms with van der Waals surface area (Å²) in [7, 11) is 0. The molecule has 1 aromatic carbocycles. The van der Waals surface area contributed by atoms with Crippen LogP contribution in [0.3, 0.4) is 0 Å². The number of ether oxygens (including phenoxy) is 1. The quantitative estimate of drug-likeness (QED) is 0.585. The molecule has 0 aliphatic carbocycles. The lowest BCUT2D eigenvalue weighted by Gasteiger charge is -2.27. The molecule has 2 bridgehead atoms. The van der Waals surface area contributed by atoms with E-state index in [4.69, 9.17) is 4.74 Å². The zero-order valence-electron chi connectivity index (χ0n) is 12.8. The molecule has 124 valence electrons. The third kappa shape index (κ3) is 1.73. The van der Waals surface area contributed by atoms with Gasteiger partial charge in [0.1, 0.15) is 11.2 Å². The van der Waals surface area contributed by atoms with E-state index in [0.29, 0.717) is 0 Å². The number of benzene rings is 1. The lowest BCUT2D eigenvalue weighted by atomic mass is 9.85. The summed E-state index contributed by atoms with van der Waals surface area (Å²) in [6.07, 6.45) is -1.15. The summed E-state index contributed by atoms with van der Waals surface area (Å²) < 4.78 is 44.5. The first-order valence-electron chi connectivity index (χ1n) is 7.29.